The van der Waals surface area contributed by atoms with Crippen molar-refractivity contribution in [2.75, 3.05) is 33.4 Å². The molecule has 1 spiro atoms. The smallest absolute Gasteiger partial charge is 0.243 e. The molecule has 2 saturated heterocycles. The molecule has 6 nitrogen and oxygen atoms in total. The van der Waals surface area contributed by atoms with E-state index >= 15 is 0 Å². The third-order valence-corrected chi connectivity index (χ3v) is 5.11. The predicted octanol–water partition coefficient (Wildman–Crippen LogP) is 1.04. The quantitative estimate of drug-likeness (QED) is 0.878. The van der Waals surface area contributed by atoms with E-state index in [1.807, 2.05) is 17.0 Å². The monoisotopic (exact) mass is 319 g/mol. The van der Waals surface area contributed by atoms with Crippen molar-refractivity contribution in [2.45, 2.75) is 37.8 Å². The number of hydrogen-bond acceptors (Lipinski definition) is 5. The molecule has 1 unspecified atom stereocenters. The van der Waals surface area contributed by atoms with Gasteiger partial charge in [0, 0.05) is 25.8 Å². The maximum Gasteiger partial charge on any atom is 0.243 e. The van der Waals surface area contributed by atoms with Crippen LogP contribution in [-0.2, 0) is 11.3 Å². The predicted molar refractivity (Wildman–Crippen MR) is 86.1 cm³/mol. The summed E-state index contributed by atoms with van der Waals surface area (Å²) in [4.78, 5) is 21.5. The summed E-state index contributed by atoms with van der Waals surface area (Å²) in [5.74, 6) is 0.940. The van der Waals surface area contributed by atoms with Crippen molar-refractivity contribution < 1.29 is 14.6 Å². The molecule has 1 N–H and O–H groups in total. The lowest BCUT2D eigenvalue weighted by molar-refractivity contribution is -0.148. The summed E-state index contributed by atoms with van der Waals surface area (Å²) in [7, 11) is 1.65. The van der Waals surface area contributed by atoms with E-state index in [1.54, 1.807) is 13.3 Å². The molecular formula is C17H25N3O3. The van der Waals surface area contributed by atoms with Gasteiger partial charge in [0.25, 0.3) is 0 Å². The molecule has 0 aliphatic carbocycles. The van der Waals surface area contributed by atoms with Gasteiger partial charge in [-0.1, -0.05) is 0 Å². The highest BCUT2D eigenvalue weighted by Gasteiger charge is 2.50. The third-order valence-electron chi connectivity index (χ3n) is 5.11. The van der Waals surface area contributed by atoms with Crippen LogP contribution in [0.4, 0.5) is 0 Å². The van der Waals surface area contributed by atoms with Crippen LogP contribution in [0.2, 0.25) is 0 Å². The van der Waals surface area contributed by atoms with E-state index in [1.165, 1.54) is 0 Å². The average molecular weight is 319 g/mol. The highest BCUT2D eigenvalue weighted by molar-refractivity contribution is 5.87. The van der Waals surface area contributed by atoms with Crippen LogP contribution < -0.4 is 4.74 Å². The SMILES string of the molecule is COc1cccnc1CN1CCCC12CCCN(CCO)C2=O. The molecule has 23 heavy (non-hydrogen) atoms. The minimum absolute atomic E-state index is 0.0237. The van der Waals surface area contributed by atoms with Crippen LogP contribution in [0.15, 0.2) is 18.3 Å². The molecule has 0 bridgehead atoms. The highest BCUT2D eigenvalue weighted by atomic mass is 16.5. The Morgan fingerprint density at radius 3 is 2.87 bits per heavy atom. The van der Waals surface area contributed by atoms with Crippen molar-refractivity contribution in [3.63, 3.8) is 0 Å². The van der Waals surface area contributed by atoms with Gasteiger partial charge in [0.2, 0.25) is 5.91 Å². The van der Waals surface area contributed by atoms with Crippen molar-refractivity contribution in [1.29, 1.82) is 0 Å². The lowest BCUT2D eigenvalue weighted by Gasteiger charge is -2.44. The lowest BCUT2D eigenvalue weighted by atomic mass is 9.85. The van der Waals surface area contributed by atoms with E-state index in [0.717, 1.165) is 50.2 Å². The number of carbonyl (C=O) groups is 1. The number of nitrogens with zero attached hydrogens (tertiary/aromatic N) is 3. The van der Waals surface area contributed by atoms with Crippen molar-refractivity contribution in [3.8, 4) is 5.75 Å². The number of aromatic nitrogens is 1. The van der Waals surface area contributed by atoms with Gasteiger partial charge in [0.15, 0.2) is 0 Å². The number of amides is 1. The molecule has 2 aliphatic heterocycles. The van der Waals surface area contributed by atoms with Gasteiger partial charge in [0.05, 0.1) is 19.4 Å². The molecule has 3 rings (SSSR count). The number of likely N-dealkylation sites (tertiary alicyclic amines) is 2. The van der Waals surface area contributed by atoms with Gasteiger partial charge in [-0.05, 0) is 44.4 Å². The molecule has 1 aromatic heterocycles. The fourth-order valence-electron chi connectivity index (χ4n) is 4.00. The average Bonchev–Trinajstić information content (AvgIpc) is 2.96. The lowest BCUT2D eigenvalue weighted by Crippen LogP contribution is -2.60. The van der Waals surface area contributed by atoms with E-state index in [4.69, 9.17) is 4.74 Å². The zero-order chi connectivity index (χ0) is 16.3. The number of aliphatic hydroxyl groups is 1. The first kappa shape index (κ1) is 16.2. The molecule has 0 aromatic carbocycles. The minimum atomic E-state index is -0.421. The topological polar surface area (TPSA) is 65.9 Å². The number of methoxy groups -OCH3 is 1. The van der Waals surface area contributed by atoms with Crippen molar-refractivity contribution >= 4 is 5.91 Å². The second kappa shape index (κ2) is 6.84. The summed E-state index contributed by atoms with van der Waals surface area (Å²) in [6.45, 7) is 2.74. The number of carbonyl (C=O) groups excluding carboxylic acids is 1. The largest absolute Gasteiger partial charge is 0.495 e. The summed E-state index contributed by atoms with van der Waals surface area (Å²) in [5.41, 5.74) is 0.457. The first-order valence-electron chi connectivity index (χ1n) is 8.34. The molecule has 2 fully saturated rings. The molecule has 0 saturated carbocycles. The Balaban J connectivity index is 1.83. The van der Waals surface area contributed by atoms with Crippen LogP contribution in [0.25, 0.3) is 0 Å². The number of ether oxygens (including phenoxy) is 1. The molecule has 0 radical (unpaired) electrons. The van der Waals surface area contributed by atoms with Gasteiger partial charge in [-0.2, -0.15) is 0 Å². The van der Waals surface area contributed by atoms with Crippen molar-refractivity contribution in [2.24, 2.45) is 0 Å². The molecule has 126 valence electrons. The van der Waals surface area contributed by atoms with Crippen molar-refractivity contribution in [3.05, 3.63) is 24.0 Å². The second-order valence-electron chi connectivity index (χ2n) is 6.33. The van der Waals surface area contributed by atoms with Gasteiger partial charge in [-0.15, -0.1) is 0 Å². The number of piperidine rings is 1. The Kier molecular flexibility index (Phi) is 4.82. The fraction of sp³-hybridized carbons (Fsp3) is 0.647. The normalized spacial score (nSPS) is 25.3. The van der Waals surface area contributed by atoms with Gasteiger partial charge in [0.1, 0.15) is 11.3 Å². The number of hydrogen-bond donors (Lipinski definition) is 1. The number of pyridine rings is 1. The maximum absolute atomic E-state index is 13.0. The van der Waals surface area contributed by atoms with Crippen LogP contribution in [0.3, 0.4) is 0 Å². The summed E-state index contributed by atoms with van der Waals surface area (Å²) in [6.07, 6.45) is 5.56. The van der Waals surface area contributed by atoms with Crippen LogP contribution >= 0.6 is 0 Å². The van der Waals surface area contributed by atoms with Crippen LogP contribution in [0.1, 0.15) is 31.4 Å². The molecule has 6 heteroatoms. The molecule has 1 atom stereocenters. The maximum atomic E-state index is 13.0. The van der Waals surface area contributed by atoms with Crippen LogP contribution in [-0.4, -0.2) is 64.7 Å². The van der Waals surface area contributed by atoms with Gasteiger partial charge in [-0.3, -0.25) is 14.7 Å². The molecule has 1 aromatic rings. The zero-order valence-corrected chi connectivity index (χ0v) is 13.7. The molecule has 3 heterocycles. The first-order chi connectivity index (χ1) is 11.2. The van der Waals surface area contributed by atoms with Crippen molar-refractivity contribution in [1.82, 2.24) is 14.8 Å². The third kappa shape index (κ3) is 2.93. The Morgan fingerprint density at radius 1 is 1.35 bits per heavy atom. The fourth-order valence-corrected chi connectivity index (χ4v) is 4.00. The standard InChI is InChI=1S/C17H25N3O3/c1-23-15-5-2-8-18-14(15)13-20-10-4-7-17(20)6-3-9-19(11-12-21)16(17)22/h2,5,8,21H,3-4,6-7,9-13H2,1H3. The second-order valence-corrected chi connectivity index (χ2v) is 6.33. The summed E-state index contributed by atoms with van der Waals surface area (Å²) in [5, 5.41) is 9.20. The van der Waals surface area contributed by atoms with Crippen LogP contribution in [0, 0.1) is 0 Å². The Hall–Kier alpha value is -1.66. The first-order valence-corrected chi connectivity index (χ1v) is 8.34. The number of rotatable bonds is 5. The van der Waals surface area contributed by atoms with Gasteiger partial charge < -0.3 is 14.7 Å². The Morgan fingerprint density at radius 2 is 2.13 bits per heavy atom. The Labute approximate surface area is 137 Å². The van der Waals surface area contributed by atoms with Crippen LogP contribution in [0.5, 0.6) is 5.75 Å². The van der Waals surface area contributed by atoms with E-state index in [2.05, 4.69) is 9.88 Å². The zero-order valence-electron chi connectivity index (χ0n) is 13.7. The number of β-amino-alcohol motifs (C(OH)–C–C–N with tert-alkyl or cyclic N) is 1. The highest BCUT2D eigenvalue weighted by Crippen LogP contribution is 2.39. The minimum Gasteiger partial charge on any atom is -0.495 e. The van der Waals surface area contributed by atoms with Gasteiger partial charge in [-0.25, -0.2) is 0 Å². The Bertz CT molecular complexity index is 564. The molecule has 1 amide bonds. The summed E-state index contributed by atoms with van der Waals surface area (Å²) in [6, 6.07) is 3.77. The number of aliphatic hydroxyl groups excluding tert-OH is 1. The molecular weight excluding hydrogens is 294 g/mol. The van der Waals surface area contributed by atoms with E-state index in [0.29, 0.717) is 13.1 Å². The van der Waals surface area contributed by atoms with E-state index in [-0.39, 0.29) is 12.5 Å². The van der Waals surface area contributed by atoms with E-state index < -0.39 is 5.54 Å². The van der Waals surface area contributed by atoms with Gasteiger partial charge >= 0.3 is 0 Å². The summed E-state index contributed by atoms with van der Waals surface area (Å²) >= 11 is 0. The van der Waals surface area contributed by atoms with E-state index in [9.17, 15) is 9.90 Å². The summed E-state index contributed by atoms with van der Waals surface area (Å²) < 4.78 is 5.40. The molecule has 2 aliphatic rings.